The van der Waals surface area contributed by atoms with E-state index in [-0.39, 0.29) is 5.82 Å². The van der Waals surface area contributed by atoms with Crippen molar-refractivity contribution >= 4 is 22.3 Å². The fraction of sp³-hybridized carbons (Fsp3) is 0.125. The van der Waals surface area contributed by atoms with Crippen molar-refractivity contribution < 1.29 is 13.2 Å². The molecule has 0 aromatic carbocycles. The molecule has 0 saturated heterocycles. The molecule has 84 valence electrons. The van der Waals surface area contributed by atoms with Gasteiger partial charge in [0.15, 0.2) is 5.13 Å². The summed E-state index contributed by atoms with van der Waals surface area (Å²) in [5.41, 5.74) is -0.912. The van der Waals surface area contributed by atoms with Crippen molar-refractivity contribution in [1.82, 2.24) is 15.0 Å². The third-order valence-corrected chi connectivity index (χ3v) is 2.36. The number of anilines is 2. The van der Waals surface area contributed by atoms with E-state index in [1.807, 2.05) is 0 Å². The van der Waals surface area contributed by atoms with Gasteiger partial charge in [0, 0.05) is 17.8 Å². The Balaban J connectivity index is 2.34. The molecule has 0 saturated carbocycles. The zero-order chi connectivity index (χ0) is 11.6. The predicted octanol–water partition coefficient (Wildman–Crippen LogP) is 2.70. The number of hydrogen-bond acceptors (Lipinski definition) is 5. The van der Waals surface area contributed by atoms with Crippen LogP contribution in [0.2, 0.25) is 0 Å². The molecular weight excluding hydrogens is 241 g/mol. The van der Waals surface area contributed by atoms with Crippen molar-refractivity contribution in [3.63, 3.8) is 0 Å². The maximum atomic E-state index is 12.5. The van der Waals surface area contributed by atoms with Crippen LogP contribution in [0.3, 0.4) is 0 Å². The van der Waals surface area contributed by atoms with Crippen molar-refractivity contribution in [2.45, 2.75) is 6.18 Å². The van der Waals surface area contributed by atoms with Crippen LogP contribution >= 0.6 is 11.3 Å². The zero-order valence-corrected chi connectivity index (χ0v) is 8.51. The average molecular weight is 246 g/mol. The second-order valence-electron chi connectivity index (χ2n) is 2.75. The Kier molecular flexibility index (Phi) is 2.73. The topological polar surface area (TPSA) is 50.7 Å². The molecule has 0 atom stereocenters. The monoisotopic (exact) mass is 246 g/mol. The quantitative estimate of drug-likeness (QED) is 0.885. The Hall–Kier alpha value is -1.70. The summed E-state index contributed by atoms with van der Waals surface area (Å²) in [6.45, 7) is 0. The van der Waals surface area contributed by atoms with E-state index in [0.29, 0.717) is 5.13 Å². The fourth-order valence-electron chi connectivity index (χ4n) is 1.02. The predicted molar refractivity (Wildman–Crippen MR) is 52.4 cm³/mol. The van der Waals surface area contributed by atoms with Crippen LogP contribution in [0.4, 0.5) is 24.1 Å². The molecule has 0 unspecified atom stereocenters. The van der Waals surface area contributed by atoms with E-state index in [1.54, 1.807) is 5.38 Å². The molecule has 4 nitrogen and oxygen atoms in total. The normalized spacial score (nSPS) is 11.4. The SMILES string of the molecule is FC(F)(F)c1cncnc1Nc1nccs1. The van der Waals surface area contributed by atoms with Gasteiger partial charge in [-0.15, -0.1) is 11.3 Å². The molecule has 1 N–H and O–H groups in total. The first-order valence-corrected chi connectivity index (χ1v) is 4.99. The van der Waals surface area contributed by atoms with Gasteiger partial charge in [0.1, 0.15) is 17.7 Å². The molecule has 0 aliphatic carbocycles. The van der Waals surface area contributed by atoms with Crippen LogP contribution in [0, 0.1) is 0 Å². The highest BCUT2D eigenvalue weighted by atomic mass is 32.1. The summed E-state index contributed by atoms with van der Waals surface area (Å²) in [6.07, 6.45) is -1.23. The second kappa shape index (κ2) is 4.05. The smallest absolute Gasteiger partial charge is 0.316 e. The first-order valence-electron chi connectivity index (χ1n) is 4.11. The molecule has 0 spiro atoms. The third-order valence-electron chi connectivity index (χ3n) is 1.68. The fourth-order valence-corrected chi connectivity index (χ4v) is 1.55. The maximum absolute atomic E-state index is 12.5. The lowest BCUT2D eigenvalue weighted by Crippen LogP contribution is -2.10. The average Bonchev–Trinajstić information content (AvgIpc) is 2.70. The van der Waals surface area contributed by atoms with Gasteiger partial charge in [-0.25, -0.2) is 15.0 Å². The number of thiazole rings is 1. The van der Waals surface area contributed by atoms with Crippen LogP contribution in [-0.4, -0.2) is 15.0 Å². The van der Waals surface area contributed by atoms with E-state index in [2.05, 4.69) is 20.3 Å². The summed E-state index contributed by atoms with van der Waals surface area (Å²) in [5.74, 6) is -0.294. The van der Waals surface area contributed by atoms with Gasteiger partial charge in [-0.05, 0) is 0 Å². The number of halogens is 3. The lowest BCUT2D eigenvalue weighted by atomic mass is 10.3. The summed E-state index contributed by atoms with van der Waals surface area (Å²) in [5, 5.41) is 4.50. The molecule has 0 amide bonds. The standard InChI is InChI=1S/C8H5F3N4S/c9-8(10,11)5-3-12-4-14-6(5)15-7-13-1-2-16-7/h1-4H,(H,12,13,14,15). The number of nitrogens with one attached hydrogen (secondary N) is 1. The van der Waals surface area contributed by atoms with Gasteiger partial charge in [0.25, 0.3) is 0 Å². The van der Waals surface area contributed by atoms with Gasteiger partial charge in [-0.3, -0.25) is 0 Å². The van der Waals surface area contributed by atoms with Gasteiger partial charge < -0.3 is 5.32 Å². The first-order chi connectivity index (χ1) is 7.57. The van der Waals surface area contributed by atoms with Gasteiger partial charge in [-0.2, -0.15) is 13.2 Å². The Morgan fingerprint density at radius 1 is 1.25 bits per heavy atom. The van der Waals surface area contributed by atoms with Gasteiger partial charge in [0.2, 0.25) is 0 Å². The Morgan fingerprint density at radius 2 is 2.06 bits per heavy atom. The van der Waals surface area contributed by atoms with E-state index in [4.69, 9.17) is 0 Å². The van der Waals surface area contributed by atoms with Crippen molar-refractivity contribution in [3.8, 4) is 0 Å². The van der Waals surface area contributed by atoms with Crippen molar-refractivity contribution in [3.05, 3.63) is 29.7 Å². The molecule has 0 aliphatic heterocycles. The van der Waals surface area contributed by atoms with Gasteiger partial charge in [0.05, 0.1) is 0 Å². The van der Waals surface area contributed by atoms with Crippen LogP contribution in [0.15, 0.2) is 24.1 Å². The lowest BCUT2D eigenvalue weighted by Gasteiger charge is -2.10. The second-order valence-corrected chi connectivity index (χ2v) is 3.64. The highest BCUT2D eigenvalue weighted by Gasteiger charge is 2.34. The molecule has 2 rings (SSSR count). The minimum atomic E-state index is -4.49. The van der Waals surface area contributed by atoms with E-state index >= 15 is 0 Å². The number of nitrogens with zero attached hydrogens (tertiary/aromatic N) is 3. The molecule has 2 aromatic rings. The minimum absolute atomic E-state index is 0.294. The van der Waals surface area contributed by atoms with Crippen LogP contribution < -0.4 is 5.32 Å². The number of alkyl halides is 3. The van der Waals surface area contributed by atoms with Crippen molar-refractivity contribution in [2.24, 2.45) is 0 Å². The lowest BCUT2D eigenvalue weighted by molar-refractivity contribution is -0.137. The minimum Gasteiger partial charge on any atom is -0.316 e. The summed E-state index contributed by atoms with van der Waals surface area (Å²) >= 11 is 1.19. The van der Waals surface area contributed by atoms with Crippen molar-refractivity contribution in [2.75, 3.05) is 5.32 Å². The molecule has 2 heterocycles. The van der Waals surface area contributed by atoms with Crippen molar-refractivity contribution in [1.29, 1.82) is 0 Å². The third kappa shape index (κ3) is 2.27. The zero-order valence-electron chi connectivity index (χ0n) is 7.69. The molecule has 2 aromatic heterocycles. The number of rotatable bonds is 2. The molecule has 0 radical (unpaired) electrons. The van der Waals surface area contributed by atoms with E-state index in [0.717, 1.165) is 12.5 Å². The van der Waals surface area contributed by atoms with E-state index in [1.165, 1.54) is 17.5 Å². The van der Waals surface area contributed by atoms with Gasteiger partial charge >= 0.3 is 6.18 Å². The highest BCUT2D eigenvalue weighted by molar-refractivity contribution is 7.13. The van der Waals surface area contributed by atoms with E-state index < -0.39 is 11.7 Å². The van der Waals surface area contributed by atoms with Crippen LogP contribution in [0.1, 0.15) is 5.56 Å². The Morgan fingerprint density at radius 3 is 2.69 bits per heavy atom. The molecular formula is C8H5F3N4S. The number of hydrogen-bond donors (Lipinski definition) is 1. The summed E-state index contributed by atoms with van der Waals surface area (Å²) in [6, 6.07) is 0. The van der Waals surface area contributed by atoms with Crippen LogP contribution in [0.25, 0.3) is 0 Å². The first kappa shape index (κ1) is 10.8. The van der Waals surface area contributed by atoms with Crippen LogP contribution in [-0.2, 0) is 6.18 Å². The Bertz CT molecular complexity index is 468. The van der Waals surface area contributed by atoms with E-state index in [9.17, 15) is 13.2 Å². The molecule has 16 heavy (non-hydrogen) atoms. The molecule has 0 bridgehead atoms. The molecule has 8 heteroatoms. The number of aromatic nitrogens is 3. The summed E-state index contributed by atoms with van der Waals surface area (Å²) in [7, 11) is 0. The van der Waals surface area contributed by atoms with Crippen LogP contribution in [0.5, 0.6) is 0 Å². The molecule has 0 aliphatic rings. The summed E-state index contributed by atoms with van der Waals surface area (Å²) in [4.78, 5) is 10.7. The summed E-state index contributed by atoms with van der Waals surface area (Å²) < 4.78 is 37.6. The van der Waals surface area contributed by atoms with Gasteiger partial charge in [-0.1, -0.05) is 0 Å². The largest absolute Gasteiger partial charge is 0.421 e. The maximum Gasteiger partial charge on any atom is 0.421 e. The Labute approximate surface area is 92.2 Å². The molecule has 0 fully saturated rings. The highest BCUT2D eigenvalue weighted by Crippen LogP contribution is 2.34.